The van der Waals surface area contributed by atoms with Gasteiger partial charge >= 0.3 is 11.9 Å². The van der Waals surface area contributed by atoms with Crippen LogP contribution in [0.5, 0.6) is 0 Å². The molecule has 0 heterocycles. The highest BCUT2D eigenvalue weighted by Gasteiger charge is 2.71. The number of carbonyl (C=O) groups is 3. The number of hydrogen-bond acceptors (Lipinski definition) is 4. The second-order valence-corrected chi connectivity index (χ2v) is 19.0. The fourth-order valence-electron chi connectivity index (χ4n) is 13.6. The first-order valence-corrected chi connectivity index (χ1v) is 19.8. The molecule has 4 saturated carbocycles. The molecule has 280 valence electrons. The molecule has 6 rings (SSSR count). The van der Waals surface area contributed by atoms with Crippen molar-refractivity contribution >= 4 is 23.4 Å². The Morgan fingerprint density at radius 1 is 0.902 bits per heavy atom. The van der Waals surface area contributed by atoms with Gasteiger partial charge in [-0.2, -0.15) is 0 Å². The Bertz CT molecular complexity index is 1590. The molecule has 1 aromatic rings. The standard InChI is InChI=1S/C44H64N2O5/c1-27(2)31-16-21-44(39(51)45-24-25-46(28(3)4)26-36(47)48)23-22-42(8)33(37(31)44)14-15-35-41(7)19-17-32(29-10-12-30(13-11-29)38(49)50)40(5,6)34(41)18-20-43(35,42)9/h10-13,17,28,31,33-35,37H,1,14-16,18-26H2,2-9H3,(H,45,51)(H,47,48)(H,49,50). The van der Waals surface area contributed by atoms with Gasteiger partial charge in [-0.1, -0.05) is 65.0 Å². The Hall–Kier alpha value is -2.93. The van der Waals surface area contributed by atoms with E-state index in [0.29, 0.717) is 42.3 Å². The van der Waals surface area contributed by atoms with E-state index in [2.05, 4.69) is 59.5 Å². The molecule has 0 saturated heterocycles. The van der Waals surface area contributed by atoms with Crippen molar-refractivity contribution in [2.75, 3.05) is 19.6 Å². The summed E-state index contributed by atoms with van der Waals surface area (Å²) in [6.07, 6.45) is 12.1. The van der Waals surface area contributed by atoms with E-state index in [0.717, 1.165) is 44.1 Å². The van der Waals surface area contributed by atoms with Crippen molar-refractivity contribution in [3.05, 3.63) is 53.6 Å². The molecule has 9 unspecified atom stereocenters. The molecule has 1 amide bonds. The Labute approximate surface area is 306 Å². The minimum absolute atomic E-state index is 0.0207. The number of carboxylic acid groups (broad SMARTS) is 2. The molecule has 5 aliphatic carbocycles. The van der Waals surface area contributed by atoms with E-state index in [1.54, 1.807) is 12.1 Å². The second kappa shape index (κ2) is 13.2. The van der Waals surface area contributed by atoms with Crippen LogP contribution in [0.25, 0.3) is 5.57 Å². The van der Waals surface area contributed by atoms with E-state index in [1.807, 2.05) is 30.9 Å². The summed E-state index contributed by atoms with van der Waals surface area (Å²) in [5.74, 6) is 0.642. The van der Waals surface area contributed by atoms with Crippen molar-refractivity contribution in [1.82, 2.24) is 10.2 Å². The van der Waals surface area contributed by atoms with Crippen LogP contribution in [-0.2, 0) is 9.59 Å². The van der Waals surface area contributed by atoms with E-state index in [1.165, 1.54) is 30.4 Å². The number of aliphatic carboxylic acids is 1. The van der Waals surface area contributed by atoms with Crippen LogP contribution in [0.2, 0.25) is 0 Å². The highest BCUT2D eigenvalue weighted by atomic mass is 16.4. The molecule has 51 heavy (non-hydrogen) atoms. The van der Waals surface area contributed by atoms with Gasteiger partial charge < -0.3 is 15.5 Å². The van der Waals surface area contributed by atoms with Gasteiger partial charge in [0.25, 0.3) is 0 Å². The average molecular weight is 701 g/mol. The van der Waals surface area contributed by atoms with E-state index < -0.39 is 17.4 Å². The van der Waals surface area contributed by atoms with Crippen LogP contribution in [-0.4, -0.2) is 58.6 Å². The van der Waals surface area contributed by atoms with Crippen molar-refractivity contribution in [2.24, 2.45) is 56.7 Å². The molecule has 7 nitrogen and oxygen atoms in total. The Morgan fingerprint density at radius 2 is 1.59 bits per heavy atom. The van der Waals surface area contributed by atoms with Gasteiger partial charge in [-0.25, -0.2) is 4.79 Å². The molecule has 0 bridgehead atoms. The van der Waals surface area contributed by atoms with Gasteiger partial charge in [-0.05, 0) is 153 Å². The lowest BCUT2D eigenvalue weighted by Gasteiger charge is -2.72. The molecule has 7 heteroatoms. The quantitative estimate of drug-likeness (QED) is 0.211. The van der Waals surface area contributed by atoms with Crippen LogP contribution in [0, 0.1) is 56.7 Å². The number of carbonyl (C=O) groups excluding carboxylic acids is 1. The van der Waals surface area contributed by atoms with Gasteiger partial charge in [0.2, 0.25) is 5.91 Å². The van der Waals surface area contributed by atoms with Gasteiger partial charge in [-0.15, -0.1) is 0 Å². The van der Waals surface area contributed by atoms with Crippen LogP contribution in [0.3, 0.4) is 0 Å². The number of allylic oxidation sites excluding steroid dienone is 3. The van der Waals surface area contributed by atoms with E-state index in [9.17, 15) is 24.6 Å². The predicted octanol–water partition coefficient (Wildman–Crippen LogP) is 8.95. The van der Waals surface area contributed by atoms with Crippen LogP contribution in [0.1, 0.15) is 129 Å². The normalized spacial score (nSPS) is 38.2. The highest BCUT2D eigenvalue weighted by molar-refractivity contribution is 5.88. The van der Waals surface area contributed by atoms with Gasteiger partial charge in [0.15, 0.2) is 0 Å². The van der Waals surface area contributed by atoms with Crippen molar-refractivity contribution in [3.8, 4) is 0 Å². The van der Waals surface area contributed by atoms with E-state index in [-0.39, 0.29) is 46.1 Å². The number of benzene rings is 1. The van der Waals surface area contributed by atoms with E-state index in [4.69, 9.17) is 0 Å². The zero-order valence-electron chi connectivity index (χ0n) is 32.6. The number of carboxylic acids is 2. The van der Waals surface area contributed by atoms with Gasteiger partial charge in [0.05, 0.1) is 17.5 Å². The van der Waals surface area contributed by atoms with Crippen LogP contribution in [0.4, 0.5) is 0 Å². The number of hydrogen-bond donors (Lipinski definition) is 3. The lowest BCUT2D eigenvalue weighted by Crippen LogP contribution is -2.66. The number of nitrogens with zero attached hydrogens (tertiary/aromatic N) is 1. The SMILES string of the molecule is C=C(C)C1CCC2(C(=O)NCCN(CC(=O)O)C(C)C)CCC3(C)C(CCC4C5(C)CC=C(c6ccc(C(=O)O)cc6)C(C)(C)C5CCC43C)C12. The van der Waals surface area contributed by atoms with Crippen molar-refractivity contribution < 1.29 is 24.6 Å². The number of rotatable bonds is 10. The number of nitrogens with one attached hydrogen (secondary N) is 1. The summed E-state index contributed by atoms with van der Waals surface area (Å²) in [5.41, 5.74) is 4.04. The topological polar surface area (TPSA) is 107 Å². The Kier molecular flexibility index (Phi) is 9.77. The minimum Gasteiger partial charge on any atom is -0.480 e. The first kappa shape index (κ1) is 37.8. The lowest BCUT2D eigenvalue weighted by atomic mass is 9.32. The third-order valence-corrected chi connectivity index (χ3v) is 16.3. The molecule has 0 spiro atoms. The zero-order valence-corrected chi connectivity index (χ0v) is 32.6. The second-order valence-electron chi connectivity index (χ2n) is 19.0. The maximum Gasteiger partial charge on any atom is 0.335 e. The van der Waals surface area contributed by atoms with Crippen LogP contribution in [0.15, 0.2) is 42.5 Å². The average Bonchev–Trinajstić information content (AvgIpc) is 3.45. The van der Waals surface area contributed by atoms with Crippen LogP contribution < -0.4 is 5.32 Å². The first-order chi connectivity index (χ1) is 23.8. The monoisotopic (exact) mass is 700 g/mol. The number of aromatic carboxylic acids is 1. The van der Waals surface area contributed by atoms with E-state index >= 15 is 0 Å². The lowest BCUT2D eigenvalue weighted by molar-refractivity contribution is -0.225. The number of fused-ring (bicyclic) bond motifs is 7. The molecule has 3 N–H and O–H groups in total. The smallest absolute Gasteiger partial charge is 0.335 e. The fourth-order valence-corrected chi connectivity index (χ4v) is 13.6. The first-order valence-electron chi connectivity index (χ1n) is 19.8. The van der Waals surface area contributed by atoms with Gasteiger partial charge in [0.1, 0.15) is 0 Å². The number of amides is 1. The molecule has 0 aromatic heterocycles. The fraction of sp³-hybridized carbons (Fsp3) is 0.705. The van der Waals surface area contributed by atoms with Crippen molar-refractivity contribution in [2.45, 2.75) is 119 Å². The summed E-state index contributed by atoms with van der Waals surface area (Å²) < 4.78 is 0. The summed E-state index contributed by atoms with van der Waals surface area (Å²) in [5, 5.41) is 22.2. The largest absolute Gasteiger partial charge is 0.480 e. The zero-order chi connectivity index (χ0) is 37.3. The maximum atomic E-state index is 14.5. The molecule has 4 fully saturated rings. The Morgan fingerprint density at radius 3 is 2.20 bits per heavy atom. The predicted molar refractivity (Wildman–Crippen MR) is 203 cm³/mol. The minimum atomic E-state index is -0.889. The molecule has 5 aliphatic rings. The maximum absolute atomic E-state index is 14.5. The summed E-state index contributed by atoms with van der Waals surface area (Å²) in [6.45, 7) is 24.3. The highest BCUT2D eigenvalue weighted by Crippen LogP contribution is 2.77. The van der Waals surface area contributed by atoms with Gasteiger partial charge in [-0.3, -0.25) is 14.5 Å². The molecular weight excluding hydrogens is 636 g/mol. The molecular formula is C44H64N2O5. The summed E-state index contributed by atoms with van der Waals surface area (Å²) in [6, 6.07) is 7.58. The third kappa shape index (κ3) is 5.83. The Balaban J connectivity index is 1.28. The molecule has 0 aliphatic heterocycles. The summed E-state index contributed by atoms with van der Waals surface area (Å²) in [4.78, 5) is 39.4. The molecule has 1 aromatic carbocycles. The van der Waals surface area contributed by atoms with Crippen molar-refractivity contribution in [3.63, 3.8) is 0 Å². The summed E-state index contributed by atoms with van der Waals surface area (Å²) in [7, 11) is 0. The van der Waals surface area contributed by atoms with Crippen LogP contribution >= 0.6 is 0 Å². The van der Waals surface area contributed by atoms with Gasteiger partial charge in [0, 0.05) is 19.1 Å². The third-order valence-electron chi connectivity index (χ3n) is 16.3. The summed E-state index contributed by atoms with van der Waals surface area (Å²) >= 11 is 0. The van der Waals surface area contributed by atoms with Crippen molar-refractivity contribution in [1.29, 1.82) is 0 Å². The molecule has 0 radical (unpaired) electrons. The molecule has 9 atom stereocenters.